The third-order valence-electron chi connectivity index (χ3n) is 10.5. The van der Waals surface area contributed by atoms with Gasteiger partial charge in [0.05, 0.1) is 22.6 Å². The second-order valence-corrected chi connectivity index (χ2v) is 13.6. The Balaban J connectivity index is 1.23. The molecular weight excluding hydrogens is 541 g/mol. The maximum absolute atomic E-state index is 13.9. The molecule has 224 valence electrons. The fraction of sp³-hybridized carbons (Fsp3) is 0.559. The number of rotatable bonds is 7. The van der Waals surface area contributed by atoms with E-state index in [0.29, 0.717) is 24.9 Å². The highest BCUT2D eigenvalue weighted by Crippen LogP contribution is 2.64. The number of alkyl halides is 3. The lowest BCUT2D eigenvalue weighted by molar-refractivity contribution is -0.201. The predicted molar refractivity (Wildman–Crippen MR) is 154 cm³/mol. The third-order valence-corrected chi connectivity index (χ3v) is 10.5. The van der Waals surface area contributed by atoms with E-state index in [1.165, 1.54) is 36.6 Å². The summed E-state index contributed by atoms with van der Waals surface area (Å²) in [5, 5.41) is 12.7. The second-order valence-electron chi connectivity index (χ2n) is 13.6. The van der Waals surface area contributed by atoms with Crippen molar-refractivity contribution in [3.63, 3.8) is 0 Å². The van der Waals surface area contributed by atoms with Crippen LogP contribution in [0.2, 0.25) is 0 Å². The van der Waals surface area contributed by atoms with Crippen molar-refractivity contribution in [2.45, 2.75) is 87.8 Å². The molecule has 2 aromatic carbocycles. The maximum atomic E-state index is 13.9. The summed E-state index contributed by atoms with van der Waals surface area (Å²) in [6.45, 7) is 6.54. The Kier molecular flexibility index (Phi) is 6.55. The number of hydrogen-bond acceptors (Lipinski definition) is 4. The molecule has 5 nitrogen and oxygen atoms in total. The molecule has 3 fully saturated rings. The van der Waals surface area contributed by atoms with Gasteiger partial charge in [-0.2, -0.15) is 13.2 Å². The highest BCUT2D eigenvalue weighted by Gasteiger charge is 2.73. The summed E-state index contributed by atoms with van der Waals surface area (Å²) in [4.78, 5) is 18.3. The molecule has 0 aromatic heterocycles. The number of nitrogens with zero attached hydrogens (tertiary/aromatic N) is 2. The standard InChI is InChI=1S/C34H39F3N2O3/c1-21(2)19-39(29(40)12-11-22-5-3-7-25(17-22)34(35,36)37)26-13-14-33(41)28-18-24-6-4-8-27-30(24)32(33,31(26)42-27)15-16-38(28)20-23-9-10-23/h3-8,11-12,17,21,23,26,28,31,41H,9-10,13-16,18-20H2,1-2H3/t26-,28-,31+,32+,33-/m1/s1. The summed E-state index contributed by atoms with van der Waals surface area (Å²) in [6, 6.07) is 11.0. The van der Waals surface area contributed by atoms with E-state index in [4.69, 9.17) is 4.74 Å². The van der Waals surface area contributed by atoms with E-state index in [1.54, 1.807) is 6.07 Å². The highest BCUT2D eigenvalue weighted by molar-refractivity contribution is 5.92. The van der Waals surface area contributed by atoms with Crippen LogP contribution in [-0.2, 0) is 22.8 Å². The van der Waals surface area contributed by atoms with Crippen molar-refractivity contribution in [1.29, 1.82) is 0 Å². The molecule has 0 radical (unpaired) electrons. The number of likely N-dealkylation sites (tertiary alicyclic amines) is 1. The quantitative estimate of drug-likeness (QED) is 0.419. The van der Waals surface area contributed by atoms with Gasteiger partial charge in [0.15, 0.2) is 0 Å². The molecule has 2 saturated carbocycles. The van der Waals surface area contributed by atoms with Gasteiger partial charge in [-0.3, -0.25) is 9.69 Å². The molecule has 0 unspecified atom stereocenters. The van der Waals surface area contributed by atoms with Crippen LogP contribution >= 0.6 is 0 Å². The van der Waals surface area contributed by atoms with Crippen molar-refractivity contribution in [1.82, 2.24) is 9.80 Å². The van der Waals surface area contributed by atoms with E-state index in [2.05, 4.69) is 24.8 Å². The molecule has 2 aromatic rings. The average Bonchev–Trinajstić information content (AvgIpc) is 3.69. The molecule has 2 bridgehead atoms. The number of hydrogen-bond donors (Lipinski definition) is 1. The number of ether oxygens (including phenoxy) is 1. The number of carbonyl (C=O) groups excluding carboxylic acids is 1. The van der Waals surface area contributed by atoms with Gasteiger partial charge in [-0.15, -0.1) is 0 Å². The van der Waals surface area contributed by atoms with Crippen molar-refractivity contribution < 1.29 is 27.8 Å². The molecule has 1 saturated heterocycles. The summed E-state index contributed by atoms with van der Waals surface area (Å²) in [5.41, 5.74) is 0.436. The summed E-state index contributed by atoms with van der Waals surface area (Å²) < 4.78 is 46.6. The molecule has 7 rings (SSSR count). The number of piperidine rings is 1. The van der Waals surface area contributed by atoms with Crippen LogP contribution in [0.15, 0.2) is 48.5 Å². The molecule has 1 spiro atoms. The Morgan fingerprint density at radius 2 is 1.95 bits per heavy atom. The van der Waals surface area contributed by atoms with Crippen LogP contribution in [0, 0.1) is 11.8 Å². The predicted octanol–water partition coefficient (Wildman–Crippen LogP) is 5.84. The first kappa shape index (κ1) is 28.0. The maximum Gasteiger partial charge on any atom is 0.416 e. The summed E-state index contributed by atoms with van der Waals surface area (Å²) in [5.74, 6) is 1.48. The normalized spacial score (nSPS) is 31.7. The fourth-order valence-corrected chi connectivity index (χ4v) is 8.61. The first-order valence-electron chi connectivity index (χ1n) is 15.4. The zero-order chi connectivity index (χ0) is 29.4. The van der Waals surface area contributed by atoms with Crippen molar-refractivity contribution in [3.8, 4) is 5.75 Å². The molecule has 1 amide bonds. The fourth-order valence-electron chi connectivity index (χ4n) is 8.61. The van der Waals surface area contributed by atoms with Gasteiger partial charge in [0.1, 0.15) is 11.9 Å². The van der Waals surface area contributed by atoms with Gasteiger partial charge in [0.25, 0.3) is 0 Å². The zero-order valence-corrected chi connectivity index (χ0v) is 24.2. The molecule has 5 aliphatic rings. The Bertz CT molecular complexity index is 1420. The van der Waals surface area contributed by atoms with E-state index in [9.17, 15) is 23.1 Å². The van der Waals surface area contributed by atoms with Crippen molar-refractivity contribution >= 4 is 12.0 Å². The number of halogens is 3. The topological polar surface area (TPSA) is 53.0 Å². The van der Waals surface area contributed by atoms with E-state index < -0.39 is 22.8 Å². The lowest BCUT2D eigenvalue weighted by Crippen LogP contribution is -2.78. The zero-order valence-electron chi connectivity index (χ0n) is 24.2. The molecular formula is C34H39F3N2O3. The lowest BCUT2D eigenvalue weighted by Gasteiger charge is -2.65. The number of amides is 1. The van der Waals surface area contributed by atoms with Crippen LogP contribution in [0.1, 0.15) is 68.2 Å². The molecule has 2 heterocycles. The summed E-state index contributed by atoms with van der Waals surface area (Å²) in [7, 11) is 0. The molecule has 1 N–H and O–H groups in total. The second kappa shape index (κ2) is 9.84. The van der Waals surface area contributed by atoms with Gasteiger partial charge in [0.2, 0.25) is 5.91 Å². The van der Waals surface area contributed by atoms with Crippen LogP contribution in [0.5, 0.6) is 5.75 Å². The Labute approximate surface area is 245 Å². The molecule has 42 heavy (non-hydrogen) atoms. The third kappa shape index (κ3) is 4.31. The minimum Gasteiger partial charge on any atom is -0.487 e. The first-order valence-corrected chi connectivity index (χ1v) is 15.4. The van der Waals surface area contributed by atoms with Gasteiger partial charge in [-0.25, -0.2) is 0 Å². The lowest BCUT2D eigenvalue weighted by atomic mass is 9.48. The average molecular weight is 581 g/mol. The van der Waals surface area contributed by atoms with Crippen LogP contribution < -0.4 is 4.74 Å². The van der Waals surface area contributed by atoms with E-state index in [-0.39, 0.29) is 30.0 Å². The largest absolute Gasteiger partial charge is 0.487 e. The Hall–Kier alpha value is -2.84. The summed E-state index contributed by atoms with van der Waals surface area (Å²) in [6.07, 6.45) is 3.34. The van der Waals surface area contributed by atoms with Crippen molar-refractivity contribution in [2.24, 2.45) is 11.8 Å². The van der Waals surface area contributed by atoms with Gasteiger partial charge in [0, 0.05) is 30.8 Å². The van der Waals surface area contributed by atoms with E-state index >= 15 is 0 Å². The highest BCUT2D eigenvalue weighted by atomic mass is 19.4. The first-order chi connectivity index (χ1) is 20.0. The summed E-state index contributed by atoms with van der Waals surface area (Å²) >= 11 is 0. The minimum absolute atomic E-state index is 0.0230. The van der Waals surface area contributed by atoms with Crippen LogP contribution in [0.3, 0.4) is 0 Å². The minimum atomic E-state index is -4.45. The smallest absolute Gasteiger partial charge is 0.416 e. The van der Waals surface area contributed by atoms with Gasteiger partial charge >= 0.3 is 6.18 Å². The number of benzene rings is 2. The Morgan fingerprint density at radius 3 is 2.69 bits per heavy atom. The molecule has 8 heteroatoms. The van der Waals surface area contributed by atoms with E-state index in [1.807, 2.05) is 17.0 Å². The molecule has 3 aliphatic carbocycles. The van der Waals surface area contributed by atoms with Crippen molar-refractivity contribution in [2.75, 3.05) is 19.6 Å². The molecule has 5 atom stereocenters. The monoisotopic (exact) mass is 580 g/mol. The van der Waals surface area contributed by atoms with Crippen LogP contribution in [0.25, 0.3) is 6.08 Å². The molecule has 2 aliphatic heterocycles. The van der Waals surface area contributed by atoms with Gasteiger partial charge < -0.3 is 14.7 Å². The van der Waals surface area contributed by atoms with Crippen LogP contribution in [-0.4, -0.2) is 64.2 Å². The number of aliphatic hydroxyl groups is 1. The van der Waals surface area contributed by atoms with E-state index in [0.717, 1.165) is 55.3 Å². The van der Waals surface area contributed by atoms with Gasteiger partial charge in [-0.1, -0.05) is 38.1 Å². The van der Waals surface area contributed by atoms with Crippen molar-refractivity contribution in [3.05, 3.63) is 70.8 Å². The van der Waals surface area contributed by atoms with Gasteiger partial charge in [-0.05, 0) is 92.3 Å². The Morgan fingerprint density at radius 1 is 1.17 bits per heavy atom. The SMILES string of the molecule is CC(C)CN(C(=O)C=Cc1cccc(C(F)(F)F)c1)[C@@H]1CC[C@@]2(O)[C@H]3Cc4cccc5c4[C@@]2(CCN3CC2CC2)[C@H]1O5. The van der Waals surface area contributed by atoms with Crippen LogP contribution in [0.4, 0.5) is 13.2 Å². The number of carbonyl (C=O) groups is 1.